The van der Waals surface area contributed by atoms with Gasteiger partial charge in [-0.15, -0.1) is 0 Å². The molecule has 3 N–H and O–H groups in total. The molecule has 6 heteroatoms. The highest BCUT2D eigenvalue weighted by Gasteiger charge is 2.14. The van der Waals surface area contributed by atoms with E-state index in [9.17, 15) is 4.39 Å². The summed E-state index contributed by atoms with van der Waals surface area (Å²) in [6, 6.07) is 4.52. The van der Waals surface area contributed by atoms with E-state index in [1.807, 2.05) is 6.07 Å². The van der Waals surface area contributed by atoms with Gasteiger partial charge >= 0.3 is 0 Å². The lowest BCUT2D eigenvalue weighted by atomic mass is 10.1. The summed E-state index contributed by atoms with van der Waals surface area (Å²) in [5.74, 6) is -0.292. The molecule has 4 nitrogen and oxygen atoms in total. The van der Waals surface area contributed by atoms with Crippen LogP contribution < -0.4 is 5.73 Å². The molecule has 1 atom stereocenters. The van der Waals surface area contributed by atoms with Crippen LogP contribution in [0.2, 0.25) is 0 Å². The van der Waals surface area contributed by atoms with E-state index in [4.69, 9.17) is 5.73 Å². The number of nitrogens with two attached hydrogens (primary N) is 1. The number of aromatic nitrogens is 3. The summed E-state index contributed by atoms with van der Waals surface area (Å²) >= 11 is 1.31. The Bertz CT molecular complexity index is 470. The van der Waals surface area contributed by atoms with Crippen LogP contribution in [0.15, 0.2) is 34.6 Å². The molecule has 0 saturated carbocycles. The summed E-state index contributed by atoms with van der Waals surface area (Å²) in [5.41, 5.74) is 6.25. The molecule has 0 fully saturated rings. The Hall–Kier alpha value is -1.40. The van der Waals surface area contributed by atoms with Crippen LogP contribution in [0.5, 0.6) is 0 Å². The predicted octanol–water partition coefficient (Wildman–Crippen LogP) is 2.11. The topological polar surface area (TPSA) is 67.6 Å². The molecule has 1 aromatic heterocycles. The molecule has 2 rings (SSSR count). The lowest BCUT2D eigenvalue weighted by Crippen LogP contribution is -2.09. The molecule has 84 valence electrons. The van der Waals surface area contributed by atoms with Gasteiger partial charge in [-0.1, -0.05) is 6.07 Å². The summed E-state index contributed by atoms with van der Waals surface area (Å²) in [4.78, 5) is 4.73. The molecule has 16 heavy (non-hydrogen) atoms. The van der Waals surface area contributed by atoms with E-state index in [0.717, 1.165) is 4.90 Å². The molecule has 1 aromatic carbocycles. The first-order valence-corrected chi connectivity index (χ1v) is 5.57. The molecule has 0 amide bonds. The second-order valence-corrected chi connectivity index (χ2v) is 4.36. The van der Waals surface area contributed by atoms with E-state index in [2.05, 4.69) is 15.2 Å². The van der Waals surface area contributed by atoms with Crippen molar-refractivity contribution in [3.8, 4) is 0 Å². The van der Waals surface area contributed by atoms with E-state index < -0.39 is 0 Å². The van der Waals surface area contributed by atoms with Gasteiger partial charge in [0, 0.05) is 16.5 Å². The second-order valence-electron chi connectivity index (χ2n) is 3.33. The number of rotatable bonds is 3. The van der Waals surface area contributed by atoms with E-state index >= 15 is 0 Å². The largest absolute Gasteiger partial charge is 0.324 e. The number of hydrogen-bond acceptors (Lipinski definition) is 4. The molecular weight excluding hydrogens is 227 g/mol. The first-order chi connectivity index (χ1) is 7.68. The zero-order valence-electron chi connectivity index (χ0n) is 8.64. The van der Waals surface area contributed by atoms with Crippen LogP contribution in [0.4, 0.5) is 4.39 Å². The van der Waals surface area contributed by atoms with E-state index in [1.54, 1.807) is 13.0 Å². The number of nitrogens with one attached hydrogen (secondary N) is 1. The minimum absolute atomic E-state index is 0.292. The third-order valence-corrected chi connectivity index (χ3v) is 3.03. The van der Waals surface area contributed by atoms with Gasteiger partial charge < -0.3 is 5.73 Å². The van der Waals surface area contributed by atoms with Gasteiger partial charge in [0.05, 0.1) is 0 Å². The molecular formula is C10H11FN4S. The van der Waals surface area contributed by atoms with Crippen molar-refractivity contribution < 1.29 is 4.39 Å². The van der Waals surface area contributed by atoms with E-state index in [0.29, 0.717) is 10.7 Å². The molecule has 0 spiro atoms. The van der Waals surface area contributed by atoms with Crippen LogP contribution in [0, 0.1) is 5.82 Å². The predicted molar refractivity (Wildman–Crippen MR) is 59.5 cm³/mol. The molecule has 0 saturated heterocycles. The maximum absolute atomic E-state index is 13.6. The highest BCUT2D eigenvalue weighted by atomic mass is 32.2. The average Bonchev–Trinajstić information content (AvgIpc) is 2.70. The molecule has 0 bridgehead atoms. The molecule has 0 radical (unpaired) electrons. The summed E-state index contributed by atoms with van der Waals surface area (Å²) in [7, 11) is 0. The van der Waals surface area contributed by atoms with Crippen LogP contribution in [0.1, 0.15) is 18.5 Å². The van der Waals surface area contributed by atoms with Gasteiger partial charge in [0.2, 0.25) is 0 Å². The van der Waals surface area contributed by atoms with Crippen molar-refractivity contribution in [2.75, 3.05) is 0 Å². The van der Waals surface area contributed by atoms with Gasteiger partial charge in [0.1, 0.15) is 12.1 Å². The number of nitrogens with zero attached hydrogens (tertiary/aromatic N) is 2. The summed E-state index contributed by atoms with van der Waals surface area (Å²) in [6.07, 6.45) is 1.41. The fraction of sp³-hybridized carbons (Fsp3) is 0.200. The van der Waals surface area contributed by atoms with Gasteiger partial charge in [-0.05, 0) is 30.8 Å². The Kier molecular flexibility index (Phi) is 3.21. The monoisotopic (exact) mass is 238 g/mol. The Morgan fingerprint density at radius 3 is 2.94 bits per heavy atom. The third kappa shape index (κ3) is 2.23. The molecule has 0 aliphatic rings. The van der Waals surface area contributed by atoms with Crippen molar-refractivity contribution in [2.24, 2.45) is 5.73 Å². The van der Waals surface area contributed by atoms with Crippen molar-refractivity contribution in [3.05, 3.63) is 35.9 Å². The second kappa shape index (κ2) is 4.63. The number of benzene rings is 1. The van der Waals surface area contributed by atoms with Gasteiger partial charge in [0.25, 0.3) is 0 Å². The van der Waals surface area contributed by atoms with Crippen LogP contribution in [-0.4, -0.2) is 15.2 Å². The van der Waals surface area contributed by atoms with Crippen LogP contribution in [0.3, 0.4) is 0 Å². The van der Waals surface area contributed by atoms with Crippen molar-refractivity contribution in [1.29, 1.82) is 0 Å². The summed E-state index contributed by atoms with van der Waals surface area (Å²) in [6.45, 7) is 1.75. The SMILES string of the molecule is C[C@H](N)c1c(F)cccc1Sc1ncn[nH]1. The highest BCUT2D eigenvalue weighted by molar-refractivity contribution is 7.99. The first kappa shape index (κ1) is 11.1. The lowest BCUT2D eigenvalue weighted by molar-refractivity contribution is 0.585. The molecule has 0 aliphatic carbocycles. The fourth-order valence-electron chi connectivity index (χ4n) is 1.40. The maximum Gasteiger partial charge on any atom is 0.188 e. The van der Waals surface area contributed by atoms with Crippen molar-refractivity contribution >= 4 is 11.8 Å². The number of H-pyrrole nitrogens is 1. The van der Waals surface area contributed by atoms with Crippen molar-refractivity contribution in [2.45, 2.75) is 23.0 Å². The minimum atomic E-state index is -0.355. The lowest BCUT2D eigenvalue weighted by Gasteiger charge is -2.11. The molecule has 2 aromatic rings. The van der Waals surface area contributed by atoms with Gasteiger partial charge in [-0.25, -0.2) is 9.37 Å². The Morgan fingerprint density at radius 1 is 1.50 bits per heavy atom. The van der Waals surface area contributed by atoms with Crippen LogP contribution >= 0.6 is 11.8 Å². The Labute approximate surface area is 96.5 Å². The van der Waals surface area contributed by atoms with Crippen LogP contribution in [-0.2, 0) is 0 Å². The van der Waals surface area contributed by atoms with Gasteiger partial charge in [-0.2, -0.15) is 5.10 Å². The number of halogens is 1. The van der Waals surface area contributed by atoms with Gasteiger partial charge in [0.15, 0.2) is 5.16 Å². The van der Waals surface area contributed by atoms with Crippen LogP contribution in [0.25, 0.3) is 0 Å². The maximum atomic E-state index is 13.6. The van der Waals surface area contributed by atoms with E-state index in [-0.39, 0.29) is 11.9 Å². The fourth-order valence-corrected chi connectivity index (χ4v) is 2.34. The quantitative estimate of drug-likeness (QED) is 0.859. The zero-order valence-corrected chi connectivity index (χ0v) is 9.46. The number of hydrogen-bond donors (Lipinski definition) is 2. The molecule has 0 unspecified atom stereocenters. The minimum Gasteiger partial charge on any atom is -0.324 e. The van der Waals surface area contributed by atoms with Crippen molar-refractivity contribution in [1.82, 2.24) is 15.2 Å². The van der Waals surface area contributed by atoms with Crippen molar-refractivity contribution in [3.63, 3.8) is 0 Å². The molecule has 0 aliphatic heterocycles. The van der Waals surface area contributed by atoms with Gasteiger partial charge in [-0.3, -0.25) is 5.10 Å². The molecule has 1 heterocycles. The van der Waals surface area contributed by atoms with E-state index in [1.165, 1.54) is 24.2 Å². The highest BCUT2D eigenvalue weighted by Crippen LogP contribution is 2.31. The Balaban J connectivity index is 2.37. The average molecular weight is 238 g/mol. The summed E-state index contributed by atoms with van der Waals surface area (Å²) < 4.78 is 13.6. The standard InChI is InChI=1S/C10H11FN4S/c1-6(12)9-7(11)3-2-4-8(9)16-10-13-5-14-15-10/h2-6H,12H2,1H3,(H,13,14,15)/t6-/m0/s1. The first-order valence-electron chi connectivity index (χ1n) is 4.75. The summed E-state index contributed by atoms with van der Waals surface area (Å²) in [5, 5.41) is 7.06. The zero-order chi connectivity index (χ0) is 11.5. The number of aromatic amines is 1. The third-order valence-electron chi connectivity index (χ3n) is 2.07. The Morgan fingerprint density at radius 2 is 2.31 bits per heavy atom. The smallest absolute Gasteiger partial charge is 0.188 e. The normalized spacial score (nSPS) is 12.7.